The van der Waals surface area contributed by atoms with Gasteiger partial charge in [0.2, 0.25) is 0 Å². The van der Waals surface area contributed by atoms with Gasteiger partial charge in [-0.25, -0.2) is 0 Å². The number of hydrogen-bond acceptors (Lipinski definition) is 0. The highest BCUT2D eigenvalue weighted by Crippen LogP contribution is 2.39. The van der Waals surface area contributed by atoms with Gasteiger partial charge in [-0.1, -0.05) is 168 Å². The van der Waals surface area contributed by atoms with Crippen molar-refractivity contribution in [2.24, 2.45) is 29.6 Å². The maximum absolute atomic E-state index is 4.65. The third-order valence-electron chi connectivity index (χ3n) is 9.43. The lowest BCUT2D eigenvalue weighted by atomic mass is 9.78. The molecule has 0 N–H and O–H groups in total. The summed E-state index contributed by atoms with van der Waals surface area (Å²) in [5.74, 6) is 3.06. The van der Waals surface area contributed by atoms with Gasteiger partial charge in [-0.15, -0.1) is 0 Å². The molecule has 0 aromatic heterocycles. The number of rotatable bonds is 19. The molecule has 0 nitrogen and oxygen atoms in total. The molecule has 41 heavy (non-hydrogen) atoms. The first-order chi connectivity index (χ1) is 19.7. The molecule has 0 heteroatoms. The van der Waals surface area contributed by atoms with E-state index >= 15 is 0 Å². The Morgan fingerprint density at radius 2 is 1.61 bits per heavy atom. The minimum Gasteiger partial charge on any atom is -0.0946 e. The van der Waals surface area contributed by atoms with Crippen LogP contribution in [0.2, 0.25) is 0 Å². The molecule has 0 saturated heterocycles. The SMILES string of the molecule is C=C(C(C)=CC1=CCC(C)C=C1)C1=CC(CCCCCCC(C)CCCCC)CC=C1C(=C)C(C)C=CC(C)CC. The molecule has 0 aliphatic heterocycles. The second-order valence-electron chi connectivity index (χ2n) is 13.5. The molecular formula is C41H64. The first-order valence-corrected chi connectivity index (χ1v) is 17.2. The molecular weight excluding hydrogens is 492 g/mol. The van der Waals surface area contributed by atoms with Gasteiger partial charge < -0.3 is 0 Å². The van der Waals surface area contributed by atoms with E-state index in [0.717, 1.165) is 24.3 Å². The fourth-order valence-electron chi connectivity index (χ4n) is 5.94. The zero-order valence-corrected chi connectivity index (χ0v) is 28.1. The van der Waals surface area contributed by atoms with Crippen LogP contribution in [0.1, 0.15) is 132 Å². The molecule has 0 aromatic rings. The minimum atomic E-state index is 0.321. The standard InChI is InChI=1S/C41H64/c1-10-12-15-18-32(4)19-16-13-14-17-20-38-27-28-40(36(8)34(6)24-21-31(3)11-2)41(30-38)37(9)35(7)29-39-25-22-33(5)23-26-39/h21-22,24-26,28-34,38H,8-20,23,27H2,1-7H3. The number of unbranched alkanes of at least 4 members (excludes halogenated alkanes) is 5. The monoisotopic (exact) mass is 557 g/mol. The zero-order chi connectivity index (χ0) is 30.2. The quantitative estimate of drug-likeness (QED) is 0.0843. The minimum absolute atomic E-state index is 0.321. The highest BCUT2D eigenvalue weighted by atomic mass is 14.3. The molecule has 2 rings (SSSR count). The topological polar surface area (TPSA) is 0 Å². The maximum Gasteiger partial charge on any atom is -0.00102 e. The Kier molecular flexibility index (Phi) is 16.4. The van der Waals surface area contributed by atoms with Gasteiger partial charge in [0, 0.05) is 0 Å². The summed E-state index contributed by atoms with van der Waals surface area (Å²) >= 11 is 0. The zero-order valence-electron chi connectivity index (χ0n) is 28.1. The first-order valence-electron chi connectivity index (χ1n) is 17.2. The van der Waals surface area contributed by atoms with E-state index in [2.05, 4.69) is 110 Å². The van der Waals surface area contributed by atoms with Crippen LogP contribution in [0, 0.1) is 29.6 Å². The summed E-state index contributed by atoms with van der Waals surface area (Å²) in [6, 6.07) is 0. The van der Waals surface area contributed by atoms with E-state index in [1.165, 1.54) is 98.5 Å². The van der Waals surface area contributed by atoms with E-state index in [9.17, 15) is 0 Å². The van der Waals surface area contributed by atoms with Crippen molar-refractivity contribution in [1.82, 2.24) is 0 Å². The van der Waals surface area contributed by atoms with Crippen molar-refractivity contribution in [2.75, 3.05) is 0 Å². The van der Waals surface area contributed by atoms with Gasteiger partial charge in [-0.3, -0.25) is 0 Å². The summed E-state index contributed by atoms with van der Waals surface area (Å²) in [4.78, 5) is 0. The maximum atomic E-state index is 4.65. The molecule has 0 saturated carbocycles. The Morgan fingerprint density at radius 3 is 2.27 bits per heavy atom. The first kappa shape index (κ1) is 35.1. The van der Waals surface area contributed by atoms with Gasteiger partial charge in [0.25, 0.3) is 0 Å². The van der Waals surface area contributed by atoms with Crippen LogP contribution in [0.4, 0.5) is 0 Å². The molecule has 0 amide bonds. The second-order valence-corrected chi connectivity index (χ2v) is 13.5. The molecule has 0 radical (unpaired) electrons. The summed E-state index contributed by atoms with van der Waals surface area (Å²) in [5.41, 5.74) is 7.59. The predicted octanol–water partition coefficient (Wildman–Crippen LogP) is 13.2. The second kappa shape index (κ2) is 19.2. The van der Waals surface area contributed by atoms with Crippen molar-refractivity contribution < 1.29 is 0 Å². The Balaban J connectivity index is 2.06. The van der Waals surface area contributed by atoms with Crippen LogP contribution in [-0.4, -0.2) is 0 Å². The number of allylic oxidation sites excluding steroid dienone is 14. The van der Waals surface area contributed by atoms with Crippen molar-refractivity contribution in [3.05, 3.63) is 95.2 Å². The van der Waals surface area contributed by atoms with Crippen LogP contribution in [0.15, 0.2) is 95.2 Å². The molecule has 2 aliphatic carbocycles. The summed E-state index contributed by atoms with van der Waals surface area (Å²) in [6.45, 7) is 25.4. The summed E-state index contributed by atoms with van der Waals surface area (Å²) in [6.07, 6.45) is 36.2. The molecule has 0 heterocycles. The van der Waals surface area contributed by atoms with Crippen LogP contribution in [0.3, 0.4) is 0 Å². The summed E-state index contributed by atoms with van der Waals surface area (Å²) in [5, 5.41) is 0. The Bertz CT molecular complexity index is 1000. The molecule has 2 aliphatic rings. The van der Waals surface area contributed by atoms with Crippen molar-refractivity contribution in [3.63, 3.8) is 0 Å². The molecule has 0 bridgehead atoms. The third-order valence-corrected chi connectivity index (χ3v) is 9.43. The molecule has 5 atom stereocenters. The van der Waals surface area contributed by atoms with Gasteiger partial charge >= 0.3 is 0 Å². The predicted molar refractivity (Wildman–Crippen MR) is 186 cm³/mol. The van der Waals surface area contributed by atoms with Crippen molar-refractivity contribution >= 4 is 0 Å². The summed E-state index contributed by atoms with van der Waals surface area (Å²) in [7, 11) is 0. The van der Waals surface area contributed by atoms with Crippen LogP contribution in [0.5, 0.6) is 0 Å². The highest BCUT2D eigenvalue weighted by Gasteiger charge is 2.22. The molecule has 228 valence electrons. The number of hydrogen-bond donors (Lipinski definition) is 0. The highest BCUT2D eigenvalue weighted by molar-refractivity contribution is 5.63. The van der Waals surface area contributed by atoms with Crippen LogP contribution in [0.25, 0.3) is 0 Å². The van der Waals surface area contributed by atoms with E-state index in [4.69, 9.17) is 0 Å². The van der Waals surface area contributed by atoms with E-state index in [0.29, 0.717) is 23.7 Å². The normalized spacial score (nSPS) is 21.7. The Morgan fingerprint density at radius 1 is 0.902 bits per heavy atom. The van der Waals surface area contributed by atoms with Crippen molar-refractivity contribution in [1.29, 1.82) is 0 Å². The van der Waals surface area contributed by atoms with Gasteiger partial charge in [0.15, 0.2) is 0 Å². The fourth-order valence-corrected chi connectivity index (χ4v) is 5.94. The molecule has 0 spiro atoms. The average Bonchev–Trinajstić information content (AvgIpc) is 2.97. The Hall–Kier alpha value is -2.08. The van der Waals surface area contributed by atoms with Gasteiger partial charge in [-0.05, 0) is 89.2 Å². The van der Waals surface area contributed by atoms with E-state index in [-0.39, 0.29) is 0 Å². The lowest BCUT2D eigenvalue weighted by Crippen LogP contribution is -2.11. The smallest absolute Gasteiger partial charge is 0.00102 e. The Labute approximate surface area is 256 Å². The molecule has 0 fully saturated rings. The fraction of sp³-hybridized carbons (Fsp3) is 0.610. The van der Waals surface area contributed by atoms with Crippen molar-refractivity contribution in [2.45, 2.75) is 132 Å². The van der Waals surface area contributed by atoms with Gasteiger partial charge in [-0.2, -0.15) is 0 Å². The third kappa shape index (κ3) is 12.8. The lowest BCUT2D eigenvalue weighted by Gasteiger charge is -2.27. The summed E-state index contributed by atoms with van der Waals surface area (Å²) < 4.78 is 0. The van der Waals surface area contributed by atoms with Crippen LogP contribution in [-0.2, 0) is 0 Å². The van der Waals surface area contributed by atoms with Crippen LogP contribution >= 0.6 is 0 Å². The lowest BCUT2D eigenvalue weighted by molar-refractivity contribution is 0.432. The molecule has 0 aromatic carbocycles. The van der Waals surface area contributed by atoms with Gasteiger partial charge in [0.1, 0.15) is 0 Å². The van der Waals surface area contributed by atoms with E-state index in [1.807, 2.05) is 0 Å². The van der Waals surface area contributed by atoms with Crippen molar-refractivity contribution in [3.8, 4) is 0 Å². The van der Waals surface area contributed by atoms with Gasteiger partial charge in [0.05, 0.1) is 0 Å². The van der Waals surface area contributed by atoms with E-state index < -0.39 is 0 Å². The van der Waals surface area contributed by atoms with E-state index in [1.54, 1.807) is 0 Å². The van der Waals surface area contributed by atoms with Crippen LogP contribution < -0.4 is 0 Å². The molecule has 5 unspecified atom stereocenters. The average molecular weight is 557 g/mol. The largest absolute Gasteiger partial charge is 0.0946 e.